The van der Waals surface area contributed by atoms with Crippen LogP contribution in [0.3, 0.4) is 0 Å². The molecule has 3 aliphatic rings. The molecule has 1 heterocycles. The second kappa shape index (κ2) is 3.80. The standard InChI is InChI=1S/C13H20N2O2/c1-7-4-9-10(5-7)13(17)15(12(9)16)6-11(14)8-2-3-8/h7-11H,2-6,14H2,1H3. The highest BCUT2D eigenvalue weighted by Crippen LogP contribution is 2.43. The SMILES string of the molecule is CC1CC2C(=O)N(CC(N)C3CC3)C(=O)C2C1. The van der Waals surface area contributed by atoms with Gasteiger partial charge in [-0.15, -0.1) is 0 Å². The van der Waals surface area contributed by atoms with E-state index in [1.54, 1.807) is 0 Å². The van der Waals surface area contributed by atoms with E-state index < -0.39 is 0 Å². The van der Waals surface area contributed by atoms with Gasteiger partial charge in [0.1, 0.15) is 0 Å². The molecule has 0 aromatic heterocycles. The number of carbonyl (C=O) groups is 2. The Morgan fingerprint density at radius 2 is 1.76 bits per heavy atom. The fourth-order valence-corrected chi connectivity index (χ4v) is 3.41. The maximum Gasteiger partial charge on any atom is 0.233 e. The number of nitrogens with two attached hydrogens (primary N) is 1. The van der Waals surface area contributed by atoms with Gasteiger partial charge in [-0.05, 0) is 37.5 Å². The van der Waals surface area contributed by atoms with Crippen LogP contribution in [0, 0.1) is 23.7 Å². The first-order chi connectivity index (χ1) is 8.08. The van der Waals surface area contributed by atoms with Crippen LogP contribution in [0.4, 0.5) is 0 Å². The van der Waals surface area contributed by atoms with Crippen LogP contribution in [0.5, 0.6) is 0 Å². The smallest absolute Gasteiger partial charge is 0.233 e. The third-order valence-corrected chi connectivity index (χ3v) is 4.59. The molecule has 2 N–H and O–H groups in total. The Morgan fingerprint density at radius 3 is 2.24 bits per heavy atom. The predicted octanol–water partition coefficient (Wildman–Crippen LogP) is 0.755. The molecule has 94 valence electrons. The summed E-state index contributed by atoms with van der Waals surface area (Å²) in [6.07, 6.45) is 4.07. The van der Waals surface area contributed by atoms with Gasteiger partial charge in [0.2, 0.25) is 11.8 Å². The summed E-state index contributed by atoms with van der Waals surface area (Å²) in [6.45, 7) is 2.57. The van der Waals surface area contributed by atoms with Crippen molar-refractivity contribution in [1.82, 2.24) is 4.90 Å². The average molecular weight is 236 g/mol. The van der Waals surface area contributed by atoms with E-state index in [1.807, 2.05) is 0 Å². The van der Waals surface area contributed by atoms with E-state index in [0.717, 1.165) is 25.7 Å². The summed E-state index contributed by atoms with van der Waals surface area (Å²) in [7, 11) is 0. The lowest BCUT2D eigenvalue weighted by Gasteiger charge is -2.20. The molecule has 17 heavy (non-hydrogen) atoms. The van der Waals surface area contributed by atoms with Gasteiger partial charge in [-0.1, -0.05) is 6.92 Å². The first-order valence-electron chi connectivity index (χ1n) is 6.68. The third kappa shape index (κ3) is 1.79. The van der Waals surface area contributed by atoms with Crippen LogP contribution in [0.15, 0.2) is 0 Å². The molecule has 1 aliphatic heterocycles. The van der Waals surface area contributed by atoms with E-state index in [9.17, 15) is 9.59 Å². The molecule has 2 amide bonds. The van der Waals surface area contributed by atoms with Crippen LogP contribution < -0.4 is 5.73 Å². The normalized spacial score (nSPS) is 38.7. The molecule has 0 radical (unpaired) electrons. The number of nitrogens with zero attached hydrogens (tertiary/aromatic N) is 1. The zero-order chi connectivity index (χ0) is 12.2. The molecule has 0 bridgehead atoms. The van der Waals surface area contributed by atoms with Crippen LogP contribution >= 0.6 is 0 Å². The summed E-state index contributed by atoms with van der Waals surface area (Å²) in [5.74, 6) is 1.06. The molecule has 3 unspecified atom stereocenters. The number of rotatable bonds is 3. The van der Waals surface area contributed by atoms with Crippen LogP contribution in [-0.2, 0) is 9.59 Å². The van der Waals surface area contributed by atoms with Gasteiger partial charge < -0.3 is 5.73 Å². The van der Waals surface area contributed by atoms with Crippen LogP contribution in [0.25, 0.3) is 0 Å². The van der Waals surface area contributed by atoms with Gasteiger partial charge in [-0.2, -0.15) is 0 Å². The van der Waals surface area contributed by atoms with E-state index in [0.29, 0.717) is 18.4 Å². The number of likely N-dealkylation sites (tertiary alicyclic amines) is 1. The van der Waals surface area contributed by atoms with Crippen molar-refractivity contribution in [2.45, 2.75) is 38.6 Å². The lowest BCUT2D eigenvalue weighted by Crippen LogP contribution is -2.43. The Labute approximate surface area is 102 Å². The van der Waals surface area contributed by atoms with Crippen molar-refractivity contribution >= 4 is 11.8 Å². The van der Waals surface area contributed by atoms with E-state index >= 15 is 0 Å². The second-order valence-electron chi connectivity index (χ2n) is 6.08. The Bertz CT molecular complexity index is 340. The van der Waals surface area contributed by atoms with Gasteiger partial charge in [0, 0.05) is 12.6 Å². The van der Waals surface area contributed by atoms with Crippen molar-refractivity contribution in [1.29, 1.82) is 0 Å². The van der Waals surface area contributed by atoms with Crippen molar-refractivity contribution < 1.29 is 9.59 Å². The van der Waals surface area contributed by atoms with Crippen LogP contribution in [-0.4, -0.2) is 29.3 Å². The highest BCUT2D eigenvalue weighted by molar-refractivity contribution is 6.05. The fraction of sp³-hybridized carbons (Fsp3) is 0.846. The van der Waals surface area contributed by atoms with Gasteiger partial charge in [-0.25, -0.2) is 0 Å². The largest absolute Gasteiger partial charge is 0.326 e. The Hall–Kier alpha value is -0.900. The molecule has 1 saturated heterocycles. The summed E-state index contributed by atoms with van der Waals surface area (Å²) in [6, 6.07) is -0.000787. The minimum atomic E-state index is -0.0381. The first kappa shape index (κ1) is 11.2. The molecule has 4 nitrogen and oxygen atoms in total. The number of carbonyl (C=O) groups excluding carboxylic acids is 2. The van der Waals surface area contributed by atoms with Crippen molar-refractivity contribution in [2.24, 2.45) is 29.4 Å². The topological polar surface area (TPSA) is 63.4 Å². The summed E-state index contributed by atoms with van der Waals surface area (Å²) >= 11 is 0. The molecular weight excluding hydrogens is 216 g/mol. The monoisotopic (exact) mass is 236 g/mol. The lowest BCUT2D eigenvalue weighted by molar-refractivity contribution is -0.140. The molecule has 3 rings (SSSR count). The number of hydrogen-bond acceptors (Lipinski definition) is 3. The highest BCUT2D eigenvalue weighted by Gasteiger charge is 2.52. The molecule has 0 aromatic carbocycles. The Kier molecular flexibility index (Phi) is 2.51. The summed E-state index contributed by atoms with van der Waals surface area (Å²) in [5.41, 5.74) is 6.01. The van der Waals surface area contributed by atoms with Gasteiger partial charge in [0.25, 0.3) is 0 Å². The maximum atomic E-state index is 12.2. The van der Waals surface area contributed by atoms with Gasteiger partial charge >= 0.3 is 0 Å². The molecule has 4 heteroatoms. The molecule has 0 spiro atoms. The Balaban J connectivity index is 1.70. The zero-order valence-corrected chi connectivity index (χ0v) is 10.3. The molecule has 2 aliphatic carbocycles. The van der Waals surface area contributed by atoms with Gasteiger partial charge in [0.05, 0.1) is 11.8 Å². The number of amides is 2. The minimum absolute atomic E-state index is 0.000787. The number of hydrogen-bond donors (Lipinski definition) is 1. The predicted molar refractivity (Wildman–Crippen MR) is 62.8 cm³/mol. The van der Waals surface area contributed by atoms with Crippen LogP contribution in [0.1, 0.15) is 32.6 Å². The van der Waals surface area contributed by atoms with Crippen molar-refractivity contribution in [2.75, 3.05) is 6.54 Å². The van der Waals surface area contributed by atoms with Crippen LogP contribution in [0.2, 0.25) is 0 Å². The quantitative estimate of drug-likeness (QED) is 0.736. The first-order valence-corrected chi connectivity index (χ1v) is 6.68. The highest BCUT2D eigenvalue weighted by atomic mass is 16.2. The average Bonchev–Trinajstić information content (AvgIpc) is 3.03. The van der Waals surface area contributed by atoms with E-state index in [-0.39, 0.29) is 29.7 Å². The molecular formula is C13H20N2O2. The Morgan fingerprint density at radius 1 is 1.24 bits per heavy atom. The molecule has 2 saturated carbocycles. The minimum Gasteiger partial charge on any atom is -0.326 e. The van der Waals surface area contributed by atoms with Crippen molar-refractivity contribution in [3.05, 3.63) is 0 Å². The molecule has 3 fully saturated rings. The van der Waals surface area contributed by atoms with E-state index in [2.05, 4.69) is 6.92 Å². The summed E-state index contributed by atoms with van der Waals surface area (Å²) < 4.78 is 0. The lowest BCUT2D eigenvalue weighted by atomic mass is 10.00. The zero-order valence-electron chi connectivity index (χ0n) is 10.3. The van der Waals surface area contributed by atoms with Gasteiger partial charge in [0.15, 0.2) is 0 Å². The van der Waals surface area contributed by atoms with Gasteiger partial charge in [-0.3, -0.25) is 14.5 Å². The van der Waals surface area contributed by atoms with Crippen molar-refractivity contribution in [3.63, 3.8) is 0 Å². The second-order valence-corrected chi connectivity index (χ2v) is 6.08. The number of imide groups is 1. The van der Waals surface area contributed by atoms with E-state index in [4.69, 9.17) is 5.73 Å². The maximum absolute atomic E-state index is 12.2. The van der Waals surface area contributed by atoms with E-state index in [1.165, 1.54) is 4.90 Å². The molecule has 3 atom stereocenters. The summed E-state index contributed by atoms with van der Waals surface area (Å²) in [4.78, 5) is 25.8. The van der Waals surface area contributed by atoms with Crippen molar-refractivity contribution in [3.8, 4) is 0 Å². The summed E-state index contributed by atoms with van der Waals surface area (Å²) in [5, 5.41) is 0. The molecule has 0 aromatic rings. The third-order valence-electron chi connectivity index (χ3n) is 4.59. The fourth-order valence-electron chi connectivity index (χ4n) is 3.41. The number of fused-ring (bicyclic) bond motifs is 1.